The van der Waals surface area contributed by atoms with Crippen LogP contribution in [0.4, 0.5) is 10.1 Å². The van der Waals surface area contributed by atoms with E-state index >= 15 is 0 Å². The van der Waals surface area contributed by atoms with Crippen LogP contribution in [-0.4, -0.2) is 10.1 Å². The van der Waals surface area contributed by atoms with Crippen LogP contribution in [0.5, 0.6) is 0 Å². The van der Waals surface area contributed by atoms with E-state index < -0.39 is 0 Å². The molecule has 0 saturated heterocycles. The zero-order valence-corrected chi connectivity index (χ0v) is 9.42. The molecule has 2 N–H and O–H groups in total. The van der Waals surface area contributed by atoms with Gasteiger partial charge in [0.05, 0.1) is 5.75 Å². The number of nitrogens with zero attached hydrogens (tertiary/aromatic N) is 2. The summed E-state index contributed by atoms with van der Waals surface area (Å²) in [7, 11) is 0. The second-order valence-electron chi connectivity index (χ2n) is 3.20. The molecular formula is C10H10FN3OS. The smallest absolute Gasteiger partial charge is 0.223 e. The Morgan fingerprint density at radius 1 is 1.50 bits per heavy atom. The topological polar surface area (TPSA) is 64.9 Å². The van der Waals surface area contributed by atoms with Crippen LogP contribution >= 0.6 is 11.8 Å². The van der Waals surface area contributed by atoms with Gasteiger partial charge in [0.15, 0.2) is 5.82 Å². The molecule has 0 saturated carbocycles. The fraction of sp³-hybridized carbons (Fsp3) is 0.200. The highest BCUT2D eigenvalue weighted by molar-refractivity contribution is 7.98. The molecule has 6 heteroatoms. The quantitative estimate of drug-likeness (QED) is 0.658. The van der Waals surface area contributed by atoms with E-state index in [1.165, 1.54) is 23.9 Å². The van der Waals surface area contributed by atoms with Gasteiger partial charge in [0, 0.05) is 17.5 Å². The van der Waals surface area contributed by atoms with E-state index in [1.54, 1.807) is 13.0 Å². The van der Waals surface area contributed by atoms with Gasteiger partial charge in [0.1, 0.15) is 5.82 Å². The summed E-state index contributed by atoms with van der Waals surface area (Å²) >= 11 is 1.45. The lowest BCUT2D eigenvalue weighted by Crippen LogP contribution is -1.91. The molecule has 2 aromatic rings. The van der Waals surface area contributed by atoms with E-state index in [-0.39, 0.29) is 5.82 Å². The first-order valence-corrected chi connectivity index (χ1v) is 5.61. The Labute approximate surface area is 96.0 Å². The molecule has 0 fully saturated rings. The Balaban J connectivity index is 2.04. The van der Waals surface area contributed by atoms with Gasteiger partial charge in [-0.3, -0.25) is 0 Å². The highest BCUT2D eigenvalue weighted by atomic mass is 32.2. The molecule has 84 valence electrons. The molecule has 16 heavy (non-hydrogen) atoms. The molecule has 0 aliphatic heterocycles. The van der Waals surface area contributed by atoms with Crippen LogP contribution in [-0.2, 0) is 5.75 Å². The van der Waals surface area contributed by atoms with E-state index in [0.717, 1.165) is 4.90 Å². The van der Waals surface area contributed by atoms with Crippen LogP contribution in [0.2, 0.25) is 0 Å². The van der Waals surface area contributed by atoms with Gasteiger partial charge in [-0.25, -0.2) is 4.39 Å². The van der Waals surface area contributed by atoms with Crippen LogP contribution in [0.3, 0.4) is 0 Å². The van der Waals surface area contributed by atoms with Gasteiger partial charge in [-0.1, -0.05) is 5.16 Å². The highest BCUT2D eigenvalue weighted by Gasteiger charge is 2.06. The van der Waals surface area contributed by atoms with Crippen molar-refractivity contribution in [3.8, 4) is 0 Å². The van der Waals surface area contributed by atoms with E-state index in [9.17, 15) is 4.39 Å². The average molecular weight is 239 g/mol. The van der Waals surface area contributed by atoms with Crippen molar-refractivity contribution in [1.82, 2.24) is 10.1 Å². The maximum atomic E-state index is 12.8. The third-order valence-corrected chi connectivity index (χ3v) is 2.98. The molecular weight excluding hydrogens is 229 g/mol. The molecule has 1 heterocycles. The second kappa shape index (κ2) is 4.52. The number of thioether (sulfide) groups is 1. The minimum Gasteiger partial charge on any atom is -0.398 e. The van der Waals surface area contributed by atoms with Crippen molar-refractivity contribution in [3.05, 3.63) is 35.7 Å². The summed E-state index contributed by atoms with van der Waals surface area (Å²) in [6, 6.07) is 4.31. The predicted octanol–water partition coefficient (Wildman–Crippen LogP) is 2.39. The summed E-state index contributed by atoms with van der Waals surface area (Å²) in [5.41, 5.74) is 6.09. The summed E-state index contributed by atoms with van der Waals surface area (Å²) in [5.74, 6) is 1.35. The van der Waals surface area contributed by atoms with E-state index in [0.29, 0.717) is 23.2 Å². The maximum Gasteiger partial charge on any atom is 0.223 e. The third-order valence-electron chi connectivity index (χ3n) is 1.90. The Hall–Kier alpha value is -1.56. The van der Waals surface area contributed by atoms with Crippen molar-refractivity contribution in [1.29, 1.82) is 0 Å². The fourth-order valence-corrected chi connectivity index (χ4v) is 1.98. The molecule has 0 aliphatic rings. The minimum absolute atomic E-state index is 0.336. The average Bonchev–Trinajstić information content (AvgIpc) is 2.63. The monoisotopic (exact) mass is 239 g/mol. The first kappa shape index (κ1) is 10.9. The number of hydrogen-bond acceptors (Lipinski definition) is 5. The summed E-state index contributed by atoms with van der Waals surface area (Å²) in [6.07, 6.45) is 0. The number of nitrogens with two attached hydrogens (primary N) is 1. The second-order valence-corrected chi connectivity index (χ2v) is 4.22. The Morgan fingerprint density at radius 3 is 2.94 bits per heavy atom. The van der Waals surface area contributed by atoms with Crippen molar-refractivity contribution in [3.63, 3.8) is 0 Å². The number of aromatic nitrogens is 2. The number of halogens is 1. The van der Waals surface area contributed by atoms with Gasteiger partial charge in [-0.2, -0.15) is 4.98 Å². The fourth-order valence-electron chi connectivity index (χ4n) is 1.19. The molecule has 0 aliphatic carbocycles. The van der Waals surface area contributed by atoms with Gasteiger partial charge < -0.3 is 10.3 Å². The Morgan fingerprint density at radius 2 is 2.31 bits per heavy atom. The standard InChI is InChI=1S/C10H10FN3OS/c1-6-13-10(14-15-6)5-16-9-3-2-7(11)4-8(9)12/h2-4H,5,12H2,1H3. The van der Waals surface area contributed by atoms with Crippen LogP contribution in [0.1, 0.15) is 11.7 Å². The predicted molar refractivity (Wildman–Crippen MR) is 59.4 cm³/mol. The number of nitrogen functional groups attached to an aromatic ring is 1. The van der Waals surface area contributed by atoms with Crippen molar-refractivity contribution in [2.45, 2.75) is 17.6 Å². The highest BCUT2D eigenvalue weighted by Crippen LogP contribution is 2.27. The van der Waals surface area contributed by atoms with Gasteiger partial charge >= 0.3 is 0 Å². The number of hydrogen-bond donors (Lipinski definition) is 1. The molecule has 0 radical (unpaired) electrons. The summed E-state index contributed by atoms with van der Waals surface area (Å²) in [5, 5.41) is 3.76. The third kappa shape index (κ3) is 2.52. The summed E-state index contributed by atoms with van der Waals surface area (Å²) in [6.45, 7) is 1.73. The van der Waals surface area contributed by atoms with Crippen LogP contribution in [0, 0.1) is 12.7 Å². The maximum absolute atomic E-state index is 12.8. The molecule has 0 spiro atoms. The van der Waals surface area contributed by atoms with Crippen molar-refractivity contribution < 1.29 is 8.91 Å². The minimum atomic E-state index is -0.336. The van der Waals surface area contributed by atoms with E-state index in [2.05, 4.69) is 10.1 Å². The molecule has 4 nitrogen and oxygen atoms in total. The molecule has 1 aromatic carbocycles. The Bertz CT molecular complexity index is 501. The molecule has 0 bridgehead atoms. The molecule has 0 amide bonds. The number of anilines is 1. The van der Waals surface area contributed by atoms with E-state index in [1.807, 2.05) is 0 Å². The first-order chi connectivity index (χ1) is 7.65. The van der Waals surface area contributed by atoms with E-state index in [4.69, 9.17) is 10.3 Å². The SMILES string of the molecule is Cc1nc(CSc2ccc(F)cc2N)no1. The van der Waals surface area contributed by atoms with Gasteiger partial charge in [0.2, 0.25) is 5.89 Å². The number of benzene rings is 1. The van der Waals surface area contributed by atoms with Crippen molar-refractivity contribution >= 4 is 17.4 Å². The Kier molecular flexibility index (Phi) is 3.09. The first-order valence-electron chi connectivity index (χ1n) is 4.62. The van der Waals surface area contributed by atoms with Gasteiger partial charge in [-0.15, -0.1) is 11.8 Å². The molecule has 0 unspecified atom stereocenters. The summed E-state index contributed by atoms with van der Waals surface area (Å²) in [4.78, 5) is 4.87. The zero-order valence-electron chi connectivity index (χ0n) is 8.61. The van der Waals surface area contributed by atoms with Gasteiger partial charge in [-0.05, 0) is 18.2 Å². The van der Waals surface area contributed by atoms with Crippen LogP contribution in [0.25, 0.3) is 0 Å². The van der Waals surface area contributed by atoms with Gasteiger partial charge in [0.25, 0.3) is 0 Å². The lowest BCUT2D eigenvalue weighted by molar-refractivity contribution is 0.389. The molecule has 1 aromatic heterocycles. The van der Waals surface area contributed by atoms with Crippen molar-refractivity contribution in [2.75, 3.05) is 5.73 Å². The van der Waals surface area contributed by atoms with Crippen LogP contribution < -0.4 is 5.73 Å². The number of aryl methyl sites for hydroxylation is 1. The zero-order chi connectivity index (χ0) is 11.5. The number of rotatable bonds is 3. The molecule has 0 atom stereocenters. The van der Waals surface area contributed by atoms with Crippen LogP contribution in [0.15, 0.2) is 27.6 Å². The normalized spacial score (nSPS) is 10.6. The van der Waals surface area contributed by atoms with Crippen molar-refractivity contribution in [2.24, 2.45) is 0 Å². The summed E-state index contributed by atoms with van der Waals surface area (Å²) < 4.78 is 17.6. The molecule has 2 rings (SSSR count). The lowest BCUT2D eigenvalue weighted by atomic mass is 10.3. The lowest BCUT2D eigenvalue weighted by Gasteiger charge is -2.02. The largest absolute Gasteiger partial charge is 0.398 e.